The summed E-state index contributed by atoms with van der Waals surface area (Å²) in [5.41, 5.74) is -0.469. The van der Waals surface area contributed by atoms with Crippen molar-refractivity contribution in [3.8, 4) is 0 Å². The van der Waals surface area contributed by atoms with E-state index in [4.69, 9.17) is 19.1 Å². The van der Waals surface area contributed by atoms with Crippen molar-refractivity contribution < 1.29 is 19.1 Å². The molecule has 1 rings (SSSR count). The molecule has 0 saturated carbocycles. The minimum absolute atomic E-state index is 0.0972. The fraction of sp³-hybridized carbons (Fsp3) is 1.00. The number of hydrogen-bond acceptors (Lipinski definition) is 4. The van der Waals surface area contributed by atoms with Crippen molar-refractivity contribution in [1.82, 2.24) is 0 Å². The predicted octanol–water partition coefficient (Wildman–Crippen LogP) is 3.67. The maximum Gasteiger partial charge on any atom is 0.439 e. The van der Waals surface area contributed by atoms with Crippen LogP contribution in [0.5, 0.6) is 0 Å². The lowest BCUT2D eigenvalue weighted by Gasteiger charge is -2.32. The van der Waals surface area contributed by atoms with Crippen LogP contribution in [0.4, 0.5) is 0 Å². The molecule has 0 bridgehead atoms. The molecule has 0 aliphatic carbocycles. The molecule has 0 unspecified atom stereocenters. The summed E-state index contributed by atoms with van der Waals surface area (Å²) >= 11 is 0. The molecule has 4 nitrogen and oxygen atoms in total. The Bertz CT molecular complexity index is 270. The van der Waals surface area contributed by atoms with Crippen LogP contribution in [0.25, 0.3) is 0 Å². The van der Waals surface area contributed by atoms with Gasteiger partial charge in [0.05, 0.1) is 11.2 Å². The van der Waals surface area contributed by atoms with Gasteiger partial charge in [-0.1, -0.05) is 34.6 Å². The van der Waals surface area contributed by atoms with E-state index in [1.54, 1.807) is 7.37 Å². The Labute approximate surface area is 139 Å². The highest BCUT2D eigenvalue weighted by molar-refractivity contribution is 7.03. The van der Waals surface area contributed by atoms with Crippen LogP contribution in [0.15, 0.2) is 0 Å². The first-order valence-corrected chi connectivity index (χ1v) is 8.26. The van der Waals surface area contributed by atoms with E-state index >= 15 is 0 Å². The van der Waals surface area contributed by atoms with Gasteiger partial charge in [0.2, 0.25) is 0 Å². The Morgan fingerprint density at radius 2 is 1.36 bits per heavy atom. The van der Waals surface area contributed by atoms with Crippen LogP contribution in [-0.4, -0.2) is 43.4 Å². The summed E-state index contributed by atoms with van der Waals surface area (Å²) in [6.45, 7) is 22.3. The molecule has 131 valence electrons. The molecule has 1 aliphatic rings. The second kappa shape index (κ2) is 9.96. The standard InChI is InChI=1S/C9H19B2O3.C5H12O.C2H6/c1-7(2)12-10-11-13-8(3,4)9(5,6)14-11;1-5(2,3)4-6;1-2/h7H,1-6H3;6H,4H2,1-3H3;1-2H3. The highest BCUT2D eigenvalue weighted by Crippen LogP contribution is 2.36. The summed E-state index contributed by atoms with van der Waals surface area (Å²) in [6, 6.07) is 0. The Balaban J connectivity index is 0. The van der Waals surface area contributed by atoms with Crippen LogP contribution >= 0.6 is 0 Å². The number of hydrogen-bond donors (Lipinski definition) is 1. The van der Waals surface area contributed by atoms with E-state index in [-0.39, 0.29) is 36.3 Å². The lowest BCUT2D eigenvalue weighted by Crippen LogP contribution is -2.41. The van der Waals surface area contributed by atoms with Crippen molar-refractivity contribution in [1.29, 1.82) is 0 Å². The smallest absolute Gasteiger partial charge is 0.439 e. The molecule has 1 radical (unpaired) electrons. The van der Waals surface area contributed by atoms with Crippen molar-refractivity contribution in [3.63, 3.8) is 0 Å². The summed E-state index contributed by atoms with van der Waals surface area (Å²) in [5, 5.41) is 8.40. The SMILES string of the molecule is CC.CC(C)(C)CO.CC(C)O[B]B1OC(C)(C)C(C)(C)O1. The van der Waals surface area contributed by atoms with Gasteiger partial charge in [-0.25, -0.2) is 0 Å². The second-order valence-electron chi connectivity index (χ2n) is 7.66. The third kappa shape index (κ3) is 9.88. The van der Waals surface area contributed by atoms with E-state index in [1.807, 2.05) is 76.2 Å². The normalized spacial score (nSPS) is 19.0. The van der Waals surface area contributed by atoms with E-state index in [0.717, 1.165) is 0 Å². The molecule has 1 aliphatic heterocycles. The molecule has 0 aromatic carbocycles. The average Bonchev–Trinajstić information content (AvgIpc) is 2.58. The van der Waals surface area contributed by atoms with E-state index < -0.39 is 0 Å². The molecule has 1 fully saturated rings. The lowest BCUT2D eigenvalue weighted by atomic mass is 9.56. The van der Waals surface area contributed by atoms with Crippen LogP contribution in [0.3, 0.4) is 0 Å². The molecule has 0 aromatic rings. The molecular formula is C16H37B2O4. The molecule has 22 heavy (non-hydrogen) atoms. The van der Waals surface area contributed by atoms with Crippen LogP contribution in [-0.2, 0) is 14.0 Å². The number of rotatable bonds is 3. The van der Waals surface area contributed by atoms with Crippen LogP contribution in [0.2, 0.25) is 0 Å². The number of aliphatic hydroxyl groups is 1. The van der Waals surface area contributed by atoms with Gasteiger partial charge in [-0.2, -0.15) is 0 Å². The van der Waals surface area contributed by atoms with Gasteiger partial charge in [-0.3, -0.25) is 0 Å². The fourth-order valence-corrected chi connectivity index (χ4v) is 1.17. The van der Waals surface area contributed by atoms with Gasteiger partial charge < -0.3 is 19.1 Å². The highest BCUT2D eigenvalue weighted by atomic mass is 16.7. The zero-order valence-electron chi connectivity index (χ0n) is 16.6. The van der Waals surface area contributed by atoms with Gasteiger partial charge in [0.15, 0.2) is 0 Å². The van der Waals surface area contributed by atoms with Gasteiger partial charge in [0.25, 0.3) is 0 Å². The van der Waals surface area contributed by atoms with E-state index in [0.29, 0.717) is 0 Å². The molecule has 6 heteroatoms. The monoisotopic (exact) mass is 315 g/mol. The van der Waals surface area contributed by atoms with Crippen molar-refractivity contribution >= 4 is 14.4 Å². The molecule has 0 spiro atoms. The zero-order chi connectivity index (χ0) is 18.2. The maximum atomic E-state index is 8.40. The van der Waals surface area contributed by atoms with Gasteiger partial charge in [0.1, 0.15) is 0 Å². The Kier molecular flexibility index (Phi) is 11.0. The molecule has 1 N–H and O–H groups in total. The quantitative estimate of drug-likeness (QED) is 0.807. The Morgan fingerprint density at radius 1 is 1.05 bits per heavy atom. The first kappa shape index (κ1) is 24.2. The number of aliphatic hydroxyl groups excluding tert-OH is 1. The summed E-state index contributed by atoms with van der Waals surface area (Å²) < 4.78 is 16.8. The van der Waals surface area contributed by atoms with Crippen LogP contribution < -0.4 is 0 Å². The highest BCUT2D eigenvalue weighted by Gasteiger charge is 2.51. The summed E-state index contributed by atoms with van der Waals surface area (Å²) in [5.74, 6) is 0. The van der Waals surface area contributed by atoms with Gasteiger partial charge in [-0.15, -0.1) is 0 Å². The average molecular weight is 315 g/mol. The van der Waals surface area contributed by atoms with E-state index in [9.17, 15) is 0 Å². The third-order valence-electron chi connectivity index (χ3n) is 3.21. The van der Waals surface area contributed by atoms with Crippen LogP contribution in [0.1, 0.15) is 76.2 Å². The van der Waals surface area contributed by atoms with E-state index in [1.165, 1.54) is 0 Å². The van der Waals surface area contributed by atoms with Crippen molar-refractivity contribution in [2.75, 3.05) is 6.61 Å². The minimum atomic E-state index is -0.359. The Hall–Kier alpha value is -0.0301. The molecular weight excluding hydrogens is 278 g/mol. The van der Waals surface area contributed by atoms with Gasteiger partial charge in [0, 0.05) is 12.7 Å². The molecule has 1 heterocycles. The molecule has 1 saturated heterocycles. The van der Waals surface area contributed by atoms with Gasteiger partial charge in [-0.05, 0) is 47.0 Å². The summed E-state index contributed by atoms with van der Waals surface area (Å²) in [6.07, 6.45) is 0.161. The lowest BCUT2D eigenvalue weighted by molar-refractivity contribution is 0.00578. The van der Waals surface area contributed by atoms with Crippen molar-refractivity contribution in [2.45, 2.75) is 93.5 Å². The second-order valence-corrected chi connectivity index (χ2v) is 7.66. The van der Waals surface area contributed by atoms with Crippen molar-refractivity contribution in [2.24, 2.45) is 5.41 Å². The maximum absolute atomic E-state index is 8.40. The molecule has 0 atom stereocenters. The molecule has 0 amide bonds. The molecule has 0 aromatic heterocycles. The zero-order valence-corrected chi connectivity index (χ0v) is 16.6. The first-order chi connectivity index (χ1) is 9.81. The topological polar surface area (TPSA) is 47.9 Å². The summed E-state index contributed by atoms with van der Waals surface area (Å²) in [4.78, 5) is 0. The Morgan fingerprint density at radius 3 is 1.59 bits per heavy atom. The van der Waals surface area contributed by atoms with Crippen molar-refractivity contribution in [3.05, 3.63) is 0 Å². The van der Waals surface area contributed by atoms with Gasteiger partial charge >= 0.3 is 14.4 Å². The summed E-state index contributed by atoms with van der Waals surface area (Å²) in [7, 11) is 1.27. The first-order valence-electron chi connectivity index (χ1n) is 8.26. The third-order valence-corrected chi connectivity index (χ3v) is 3.21. The largest absolute Gasteiger partial charge is 0.441 e. The predicted molar refractivity (Wildman–Crippen MR) is 95.9 cm³/mol. The minimum Gasteiger partial charge on any atom is -0.441 e. The van der Waals surface area contributed by atoms with Crippen LogP contribution in [0, 0.1) is 5.41 Å². The fourth-order valence-electron chi connectivity index (χ4n) is 1.17. The van der Waals surface area contributed by atoms with E-state index in [2.05, 4.69) is 0 Å².